The molecule has 4 aromatic rings. The van der Waals surface area contributed by atoms with Gasteiger partial charge in [0.1, 0.15) is 11.6 Å². The number of carbonyl (C=O) groups is 1. The molecule has 1 aliphatic heterocycles. The van der Waals surface area contributed by atoms with Crippen LogP contribution in [0.1, 0.15) is 11.5 Å². The van der Waals surface area contributed by atoms with Gasteiger partial charge in [-0.3, -0.25) is 9.69 Å². The van der Waals surface area contributed by atoms with Crippen LogP contribution in [0.4, 0.5) is 5.82 Å². The van der Waals surface area contributed by atoms with Crippen LogP contribution in [0, 0.1) is 0 Å². The molecule has 2 N–H and O–H groups in total. The zero-order chi connectivity index (χ0) is 24.5. The molecule has 0 aliphatic carbocycles. The molecule has 2 aromatic carbocycles. The van der Waals surface area contributed by atoms with Crippen LogP contribution in [0.2, 0.25) is 0 Å². The number of piperazine rings is 1. The van der Waals surface area contributed by atoms with Crippen LogP contribution >= 0.6 is 31.9 Å². The highest BCUT2D eigenvalue weighted by molar-refractivity contribution is 9.11. The molecule has 0 spiro atoms. The lowest BCUT2D eigenvalue weighted by molar-refractivity contribution is -0.137. The minimum absolute atomic E-state index is 0.0644. The van der Waals surface area contributed by atoms with Crippen LogP contribution in [0.25, 0.3) is 22.3 Å². The van der Waals surface area contributed by atoms with Crippen LogP contribution in [0.3, 0.4) is 0 Å². The van der Waals surface area contributed by atoms with Crippen molar-refractivity contribution in [1.29, 1.82) is 0 Å². The van der Waals surface area contributed by atoms with E-state index in [4.69, 9.17) is 15.0 Å². The van der Waals surface area contributed by atoms with E-state index >= 15 is 0 Å². The second kappa shape index (κ2) is 9.92. The molecule has 1 amide bonds. The number of anilines is 1. The second-order valence-corrected chi connectivity index (χ2v) is 9.98. The molecule has 35 heavy (non-hydrogen) atoms. The SMILES string of the molecule is COc1c(Br)cc(-c2noc(CN3CCN(Cc4ccc5nc(N)ccc5c4)C(=O)C3)n2)cc1Br. The number of fused-ring (bicyclic) bond motifs is 1. The summed E-state index contributed by atoms with van der Waals surface area (Å²) in [4.78, 5) is 25.6. The Morgan fingerprint density at radius 2 is 1.86 bits per heavy atom. The number of rotatable bonds is 6. The average Bonchev–Trinajstić information content (AvgIpc) is 3.29. The van der Waals surface area contributed by atoms with Gasteiger partial charge in [-0.25, -0.2) is 4.98 Å². The fourth-order valence-electron chi connectivity index (χ4n) is 4.08. The number of nitrogen functional groups attached to an aromatic ring is 1. The molecular weight excluding hydrogens is 580 g/mol. The summed E-state index contributed by atoms with van der Waals surface area (Å²) >= 11 is 6.99. The number of pyridine rings is 1. The second-order valence-electron chi connectivity index (χ2n) is 8.27. The Morgan fingerprint density at radius 3 is 2.60 bits per heavy atom. The first-order valence-electron chi connectivity index (χ1n) is 10.9. The van der Waals surface area contributed by atoms with Gasteiger partial charge < -0.3 is 19.9 Å². The summed E-state index contributed by atoms with van der Waals surface area (Å²) in [5.74, 6) is 2.19. The normalized spacial score (nSPS) is 14.6. The maximum absolute atomic E-state index is 12.8. The molecular formula is C24H22Br2N6O3. The third kappa shape index (κ3) is 5.16. The molecule has 0 radical (unpaired) electrons. The maximum atomic E-state index is 12.8. The molecule has 5 rings (SSSR count). The molecule has 3 heterocycles. The molecule has 9 nitrogen and oxygen atoms in total. The van der Waals surface area contributed by atoms with Gasteiger partial charge in [-0.1, -0.05) is 11.2 Å². The maximum Gasteiger partial charge on any atom is 0.241 e. The Hall–Kier alpha value is -3.02. The van der Waals surface area contributed by atoms with Crippen molar-refractivity contribution in [2.24, 2.45) is 0 Å². The summed E-state index contributed by atoms with van der Waals surface area (Å²) in [6, 6.07) is 13.5. The van der Waals surface area contributed by atoms with Crippen molar-refractivity contribution >= 4 is 54.5 Å². The van der Waals surface area contributed by atoms with Crippen molar-refractivity contribution in [3.05, 3.63) is 62.9 Å². The number of hydrogen-bond acceptors (Lipinski definition) is 8. The van der Waals surface area contributed by atoms with Gasteiger partial charge in [0.2, 0.25) is 17.6 Å². The highest BCUT2D eigenvalue weighted by atomic mass is 79.9. The van der Waals surface area contributed by atoms with Crippen LogP contribution in [0.15, 0.2) is 55.9 Å². The van der Waals surface area contributed by atoms with Crippen molar-refractivity contribution in [3.8, 4) is 17.1 Å². The molecule has 1 aliphatic rings. The number of benzene rings is 2. The van der Waals surface area contributed by atoms with Gasteiger partial charge in [-0.2, -0.15) is 4.98 Å². The summed E-state index contributed by atoms with van der Waals surface area (Å²) in [7, 11) is 1.61. The van der Waals surface area contributed by atoms with E-state index in [1.807, 2.05) is 40.1 Å². The lowest BCUT2D eigenvalue weighted by Crippen LogP contribution is -2.49. The van der Waals surface area contributed by atoms with E-state index in [2.05, 4.69) is 53.1 Å². The monoisotopic (exact) mass is 600 g/mol. The molecule has 0 bridgehead atoms. The quantitative estimate of drug-likeness (QED) is 0.349. The van der Waals surface area contributed by atoms with Crippen molar-refractivity contribution in [3.63, 3.8) is 0 Å². The molecule has 2 aromatic heterocycles. The highest BCUT2D eigenvalue weighted by Gasteiger charge is 2.25. The smallest absolute Gasteiger partial charge is 0.241 e. The number of ether oxygens (including phenoxy) is 1. The number of methoxy groups -OCH3 is 1. The molecule has 0 unspecified atom stereocenters. The molecule has 1 saturated heterocycles. The lowest BCUT2D eigenvalue weighted by Gasteiger charge is -2.33. The van der Waals surface area contributed by atoms with E-state index in [0.29, 0.717) is 49.5 Å². The zero-order valence-corrected chi connectivity index (χ0v) is 22.0. The third-order valence-corrected chi connectivity index (χ3v) is 7.01. The minimum atomic E-state index is 0.0644. The summed E-state index contributed by atoms with van der Waals surface area (Å²) < 4.78 is 12.4. The predicted octanol–water partition coefficient (Wildman–Crippen LogP) is 4.25. The van der Waals surface area contributed by atoms with Gasteiger partial charge in [0.05, 0.1) is 34.7 Å². The predicted molar refractivity (Wildman–Crippen MR) is 139 cm³/mol. The van der Waals surface area contributed by atoms with E-state index in [-0.39, 0.29) is 5.91 Å². The Morgan fingerprint density at radius 1 is 1.06 bits per heavy atom. The highest BCUT2D eigenvalue weighted by Crippen LogP contribution is 2.37. The first-order chi connectivity index (χ1) is 16.9. The molecule has 0 atom stereocenters. The standard InChI is InChI=1S/C24H22Br2N6O3/c1-34-23-17(25)9-16(10-18(23)26)24-29-21(35-30-24)12-31-6-7-32(22(33)13-31)11-14-2-4-19-15(8-14)3-5-20(27)28-19/h2-5,8-10H,6-7,11-13H2,1H3,(H2,27,28). The first-order valence-corrected chi connectivity index (χ1v) is 12.5. The number of hydrogen-bond donors (Lipinski definition) is 1. The van der Waals surface area contributed by atoms with E-state index in [1.165, 1.54) is 0 Å². The zero-order valence-electron chi connectivity index (χ0n) is 18.9. The first kappa shape index (κ1) is 23.7. The Balaban J connectivity index is 1.21. The van der Waals surface area contributed by atoms with Crippen molar-refractivity contribution in [2.75, 3.05) is 32.5 Å². The summed E-state index contributed by atoms with van der Waals surface area (Å²) in [5, 5.41) is 5.11. The van der Waals surface area contributed by atoms with Crippen molar-refractivity contribution in [2.45, 2.75) is 13.1 Å². The van der Waals surface area contributed by atoms with Crippen molar-refractivity contribution in [1.82, 2.24) is 24.9 Å². The van der Waals surface area contributed by atoms with Crippen molar-refractivity contribution < 1.29 is 14.1 Å². The van der Waals surface area contributed by atoms with E-state index in [9.17, 15) is 4.79 Å². The Labute approximate surface area is 218 Å². The van der Waals surface area contributed by atoms with Gasteiger partial charge >= 0.3 is 0 Å². The van der Waals surface area contributed by atoms with Gasteiger partial charge in [-0.15, -0.1) is 0 Å². The molecule has 180 valence electrons. The number of aromatic nitrogens is 3. The molecule has 0 saturated carbocycles. The largest absolute Gasteiger partial charge is 0.494 e. The topological polar surface area (TPSA) is 111 Å². The van der Waals surface area contributed by atoms with E-state index in [1.54, 1.807) is 13.2 Å². The van der Waals surface area contributed by atoms with Gasteiger partial charge in [-0.05, 0) is 73.8 Å². The van der Waals surface area contributed by atoms with Gasteiger partial charge in [0, 0.05) is 30.6 Å². The average molecular weight is 602 g/mol. The molecule has 1 fully saturated rings. The number of amides is 1. The lowest BCUT2D eigenvalue weighted by atomic mass is 10.1. The number of carbonyl (C=O) groups excluding carboxylic acids is 1. The third-order valence-electron chi connectivity index (χ3n) is 5.83. The minimum Gasteiger partial charge on any atom is -0.494 e. The Kier molecular flexibility index (Phi) is 6.72. The van der Waals surface area contributed by atoms with E-state index in [0.717, 1.165) is 37.5 Å². The van der Waals surface area contributed by atoms with Crippen LogP contribution < -0.4 is 10.5 Å². The summed E-state index contributed by atoms with van der Waals surface area (Å²) in [6.07, 6.45) is 0. The van der Waals surface area contributed by atoms with Gasteiger partial charge in [0.15, 0.2) is 0 Å². The number of halogens is 2. The van der Waals surface area contributed by atoms with Crippen LogP contribution in [0.5, 0.6) is 5.75 Å². The Bertz CT molecular complexity index is 1390. The summed E-state index contributed by atoms with van der Waals surface area (Å²) in [6.45, 7) is 2.60. The van der Waals surface area contributed by atoms with Gasteiger partial charge in [0.25, 0.3) is 0 Å². The fraction of sp³-hybridized carbons (Fsp3) is 0.250. The fourth-order valence-corrected chi connectivity index (χ4v) is 5.59. The number of nitrogens with two attached hydrogens (primary N) is 1. The van der Waals surface area contributed by atoms with E-state index < -0.39 is 0 Å². The molecule has 11 heteroatoms. The van der Waals surface area contributed by atoms with Crippen LogP contribution in [-0.2, 0) is 17.9 Å². The van der Waals surface area contributed by atoms with Crippen LogP contribution in [-0.4, -0.2) is 57.6 Å². The summed E-state index contributed by atoms with van der Waals surface area (Å²) in [5.41, 5.74) is 8.45. The number of nitrogens with zero attached hydrogens (tertiary/aromatic N) is 5.